The maximum Gasteiger partial charge on any atom is 0.156 e. The van der Waals surface area contributed by atoms with E-state index in [0.717, 1.165) is 15.1 Å². The van der Waals surface area contributed by atoms with Crippen LogP contribution in [-0.2, 0) is 0 Å². The lowest BCUT2D eigenvalue weighted by atomic mass is 10.5. The van der Waals surface area contributed by atoms with Crippen molar-refractivity contribution in [3.8, 4) is 0 Å². The number of hydrogen-bond donors (Lipinski definition) is 0. The fraction of sp³-hybridized carbons (Fsp3) is 0.111. The molecule has 2 heterocycles. The number of nitrogens with zero attached hydrogens (tertiary/aromatic N) is 2. The van der Waals surface area contributed by atoms with E-state index < -0.39 is 0 Å². The molecule has 5 heteroatoms. The summed E-state index contributed by atoms with van der Waals surface area (Å²) in [6.07, 6.45) is 1.64. The van der Waals surface area contributed by atoms with E-state index in [9.17, 15) is 0 Å². The number of aryl methyl sites for hydroxylation is 1. The van der Waals surface area contributed by atoms with Crippen LogP contribution in [-0.4, -0.2) is 9.97 Å². The quantitative estimate of drug-likeness (QED) is 0.804. The average molecular weight is 243 g/mol. The molecule has 0 saturated carbocycles. The average Bonchev–Trinajstić information content (AvgIpc) is 2.56. The van der Waals surface area contributed by atoms with Gasteiger partial charge >= 0.3 is 0 Å². The molecular weight excluding hydrogens is 236 g/mol. The van der Waals surface area contributed by atoms with Crippen LogP contribution in [0.1, 0.15) is 5.69 Å². The molecule has 2 aromatic rings. The van der Waals surface area contributed by atoms with Crippen LogP contribution in [0.25, 0.3) is 0 Å². The van der Waals surface area contributed by atoms with Gasteiger partial charge < -0.3 is 0 Å². The predicted molar refractivity (Wildman–Crippen MR) is 60.2 cm³/mol. The Labute approximate surface area is 95.4 Å². The standard InChI is InChI=1S/C9H7ClN2S2/c1-6-5-13-9(12-6)14-8-3-2-7(10)4-11-8/h2-5H,1H3. The van der Waals surface area contributed by atoms with Crippen molar-refractivity contribution in [1.82, 2.24) is 9.97 Å². The molecule has 0 unspecified atom stereocenters. The van der Waals surface area contributed by atoms with E-state index in [1.807, 2.05) is 24.4 Å². The second-order valence-corrected chi connectivity index (χ2v) is 5.23. The summed E-state index contributed by atoms with van der Waals surface area (Å²) in [5.41, 5.74) is 1.05. The largest absolute Gasteiger partial charge is 0.248 e. The summed E-state index contributed by atoms with van der Waals surface area (Å²) in [6.45, 7) is 1.98. The maximum atomic E-state index is 5.73. The third kappa shape index (κ3) is 2.47. The van der Waals surface area contributed by atoms with Gasteiger partial charge in [0.25, 0.3) is 0 Å². The van der Waals surface area contributed by atoms with Crippen LogP contribution in [0, 0.1) is 6.92 Å². The van der Waals surface area contributed by atoms with Crippen molar-refractivity contribution in [1.29, 1.82) is 0 Å². The molecule has 0 amide bonds. The van der Waals surface area contributed by atoms with Gasteiger partial charge in [0.1, 0.15) is 5.03 Å². The monoisotopic (exact) mass is 242 g/mol. The molecule has 2 aromatic heterocycles. The summed E-state index contributed by atoms with van der Waals surface area (Å²) in [5, 5.41) is 3.60. The minimum Gasteiger partial charge on any atom is -0.248 e. The van der Waals surface area contributed by atoms with Gasteiger partial charge in [0, 0.05) is 17.3 Å². The minimum absolute atomic E-state index is 0.657. The Morgan fingerprint density at radius 1 is 1.43 bits per heavy atom. The first kappa shape index (κ1) is 9.96. The van der Waals surface area contributed by atoms with E-state index >= 15 is 0 Å². The first-order chi connectivity index (χ1) is 6.74. The molecule has 0 aliphatic rings. The molecule has 0 aromatic carbocycles. The number of thiazole rings is 1. The highest BCUT2D eigenvalue weighted by Gasteiger charge is 2.02. The van der Waals surface area contributed by atoms with Crippen molar-refractivity contribution in [3.63, 3.8) is 0 Å². The Balaban J connectivity index is 2.15. The fourth-order valence-corrected chi connectivity index (χ4v) is 2.73. The Morgan fingerprint density at radius 2 is 2.29 bits per heavy atom. The lowest BCUT2D eigenvalue weighted by Gasteiger charge is -1.95. The molecule has 0 spiro atoms. The normalized spacial score (nSPS) is 10.4. The van der Waals surface area contributed by atoms with Gasteiger partial charge in [-0.25, -0.2) is 9.97 Å². The van der Waals surface area contributed by atoms with Gasteiger partial charge in [-0.3, -0.25) is 0 Å². The highest BCUT2D eigenvalue weighted by atomic mass is 35.5. The SMILES string of the molecule is Cc1csc(Sc2ccc(Cl)cn2)n1. The van der Waals surface area contributed by atoms with Crippen molar-refractivity contribution in [2.45, 2.75) is 16.3 Å². The molecule has 0 aliphatic carbocycles. The molecule has 0 atom stereocenters. The zero-order valence-electron chi connectivity index (χ0n) is 7.40. The molecule has 14 heavy (non-hydrogen) atoms. The van der Waals surface area contributed by atoms with E-state index in [1.165, 1.54) is 0 Å². The van der Waals surface area contributed by atoms with Crippen LogP contribution in [0.2, 0.25) is 5.02 Å². The summed E-state index contributed by atoms with van der Waals surface area (Å²) in [5.74, 6) is 0. The molecular formula is C9H7ClN2S2. The van der Waals surface area contributed by atoms with E-state index in [0.29, 0.717) is 5.02 Å². The topological polar surface area (TPSA) is 25.8 Å². The van der Waals surface area contributed by atoms with E-state index in [4.69, 9.17) is 11.6 Å². The molecule has 2 nitrogen and oxygen atoms in total. The van der Waals surface area contributed by atoms with Crippen molar-refractivity contribution in [2.24, 2.45) is 0 Å². The number of rotatable bonds is 2. The zero-order chi connectivity index (χ0) is 9.97. The predicted octanol–water partition coefficient (Wildman–Crippen LogP) is 3.65. The third-order valence-electron chi connectivity index (χ3n) is 1.49. The Bertz CT molecular complexity index is 425. The van der Waals surface area contributed by atoms with Crippen molar-refractivity contribution < 1.29 is 0 Å². The van der Waals surface area contributed by atoms with E-state index in [-0.39, 0.29) is 0 Å². The summed E-state index contributed by atoms with van der Waals surface area (Å²) < 4.78 is 1.01. The van der Waals surface area contributed by atoms with Gasteiger partial charge in [-0.15, -0.1) is 11.3 Å². The maximum absolute atomic E-state index is 5.73. The molecule has 0 fully saturated rings. The van der Waals surface area contributed by atoms with Gasteiger partial charge in [0.2, 0.25) is 0 Å². The van der Waals surface area contributed by atoms with Crippen LogP contribution < -0.4 is 0 Å². The lowest BCUT2D eigenvalue weighted by molar-refractivity contribution is 1.11. The lowest BCUT2D eigenvalue weighted by Crippen LogP contribution is -1.78. The molecule has 0 N–H and O–H groups in total. The van der Waals surface area contributed by atoms with Gasteiger partial charge in [-0.05, 0) is 30.8 Å². The Morgan fingerprint density at radius 3 is 2.86 bits per heavy atom. The summed E-state index contributed by atoms with van der Waals surface area (Å²) in [7, 11) is 0. The first-order valence-electron chi connectivity index (χ1n) is 3.95. The number of aromatic nitrogens is 2. The van der Waals surface area contributed by atoms with E-state index in [2.05, 4.69) is 9.97 Å². The summed E-state index contributed by atoms with van der Waals surface area (Å²) >= 11 is 8.92. The second kappa shape index (κ2) is 4.29. The van der Waals surface area contributed by atoms with Gasteiger partial charge in [0.15, 0.2) is 4.34 Å². The van der Waals surface area contributed by atoms with Crippen LogP contribution in [0.5, 0.6) is 0 Å². The second-order valence-electron chi connectivity index (χ2n) is 2.67. The molecule has 2 rings (SSSR count). The summed E-state index contributed by atoms with van der Waals surface area (Å²) in [4.78, 5) is 8.52. The Hall–Kier alpha value is -0.580. The van der Waals surface area contributed by atoms with Gasteiger partial charge in [0.05, 0.1) is 5.02 Å². The van der Waals surface area contributed by atoms with Crippen molar-refractivity contribution >= 4 is 34.7 Å². The first-order valence-corrected chi connectivity index (χ1v) is 6.03. The minimum atomic E-state index is 0.657. The molecule has 0 saturated heterocycles. The van der Waals surface area contributed by atoms with Crippen molar-refractivity contribution in [3.05, 3.63) is 34.4 Å². The summed E-state index contributed by atoms with van der Waals surface area (Å²) in [6, 6.07) is 3.72. The zero-order valence-corrected chi connectivity index (χ0v) is 9.79. The third-order valence-corrected chi connectivity index (χ3v) is 3.72. The van der Waals surface area contributed by atoms with E-state index in [1.54, 1.807) is 29.3 Å². The molecule has 72 valence electrons. The fourth-order valence-electron chi connectivity index (χ4n) is 0.891. The van der Waals surface area contributed by atoms with Gasteiger partial charge in [-0.2, -0.15) is 0 Å². The van der Waals surface area contributed by atoms with Crippen LogP contribution in [0.15, 0.2) is 33.1 Å². The molecule has 0 bridgehead atoms. The highest BCUT2D eigenvalue weighted by Crippen LogP contribution is 2.28. The van der Waals surface area contributed by atoms with Gasteiger partial charge in [-0.1, -0.05) is 11.6 Å². The van der Waals surface area contributed by atoms with Crippen LogP contribution in [0.3, 0.4) is 0 Å². The van der Waals surface area contributed by atoms with Crippen LogP contribution >= 0.6 is 34.7 Å². The Kier molecular flexibility index (Phi) is 3.05. The number of pyridine rings is 1. The highest BCUT2D eigenvalue weighted by molar-refractivity contribution is 8.01. The number of halogens is 1. The smallest absolute Gasteiger partial charge is 0.156 e. The van der Waals surface area contributed by atoms with Crippen LogP contribution in [0.4, 0.5) is 0 Å². The van der Waals surface area contributed by atoms with Crippen molar-refractivity contribution in [2.75, 3.05) is 0 Å². The number of hydrogen-bond acceptors (Lipinski definition) is 4. The molecule has 0 radical (unpaired) electrons. The molecule has 0 aliphatic heterocycles.